The van der Waals surface area contributed by atoms with Crippen LogP contribution in [0.5, 0.6) is 0 Å². The second-order valence-corrected chi connectivity index (χ2v) is 7.91. The number of guanidine groups is 1. The van der Waals surface area contributed by atoms with Crippen LogP contribution in [0.4, 0.5) is 0 Å². The van der Waals surface area contributed by atoms with E-state index in [4.69, 9.17) is 4.74 Å². The molecule has 7 heteroatoms. The Hall–Kier alpha value is -0.120. The maximum absolute atomic E-state index is 5.46. The van der Waals surface area contributed by atoms with Crippen molar-refractivity contribution < 1.29 is 4.74 Å². The average Bonchev–Trinajstić information content (AvgIpc) is 3.32. The van der Waals surface area contributed by atoms with Crippen molar-refractivity contribution in [3.8, 4) is 0 Å². The first-order valence-corrected chi connectivity index (χ1v) is 10.2. The molecule has 0 radical (unpaired) electrons. The van der Waals surface area contributed by atoms with Crippen LogP contribution in [-0.2, 0) is 4.74 Å². The van der Waals surface area contributed by atoms with Crippen molar-refractivity contribution in [1.29, 1.82) is 0 Å². The zero-order valence-electron chi connectivity index (χ0n) is 16.7. The van der Waals surface area contributed by atoms with Gasteiger partial charge in [-0.2, -0.15) is 0 Å². The molecule has 0 aromatic carbocycles. The Kier molecular flexibility index (Phi) is 9.94. The van der Waals surface area contributed by atoms with E-state index in [0.717, 1.165) is 70.4 Å². The van der Waals surface area contributed by atoms with Crippen LogP contribution in [-0.4, -0.2) is 99.8 Å². The first kappa shape index (κ1) is 22.2. The number of nitrogens with zero attached hydrogens (tertiary/aromatic N) is 4. The van der Waals surface area contributed by atoms with E-state index in [-0.39, 0.29) is 24.0 Å². The Morgan fingerprint density at radius 2 is 1.88 bits per heavy atom. The highest BCUT2D eigenvalue weighted by Crippen LogP contribution is 2.22. The molecule has 2 heterocycles. The molecular weight excluding hydrogens is 441 g/mol. The molecule has 2 saturated heterocycles. The SMILES string of the molecule is CN=C(NCCN(C)C1CCCC1)N1CCC(CN2CCOCC2)C1.I. The number of halogens is 1. The Labute approximate surface area is 176 Å². The number of likely N-dealkylation sites (N-methyl/N-ethyl adjacent to an activating group) is 1. The van der Waals surface area contributed by atoms with Gasteiger partial charge in [0.15, 0.2) is 5.96 Å². The fourth-order valence-electron chi connectivity index (χ4n) is 4.53. The Morgan fingerprint density at radius 1 is 1.15 bits per heavy atom. The van der Waals surface area contributed by atoms with Gasteiger partial charge in [-0.15, -0.1) is 24.0 Å². The van der Waals surface area contributed by atoms with Crippen LogP contribution >= 0.6 is 24.0 Å². The lowest BCUT2D eigenvalue weighted by Crippen LogP contribution is -2.44. The number of hydrogen-bond donors (Lipinski definition) is 1. The number of likely N-dealkylation sites (tertiary alicyclic amines) is 1. The van der Waals surface area contributed by atoms with E-state index in [1.807, 2.05) is 7.05 Å². The molecule has 0 aromatic rings. The molecule has 0 spiro atoms. The highest BCUT2D eigenvalue weighted by atomic mass is 127. The molecule has 3 fully saturated rings. The number of hydrogen-bond acceptors (Lipinski definition) is 4. The van der Waals surface area contributed by atoms with Gasteiger partial charge in [0.05, 0.1) is 13.2 Å². The van der Waals surface area contributed by atoms with Crippen LogP contribution in [0.3, 0.4) is 0 Å². The third-order valence-corrected chi connectivity index (χ3v) is 6.11. The van der Waals surface area contributed by atoms with Crippen molar-refractivity contribution in [2.45, 2.75) is 38.1 Å². The number of ether oxygens (including phenoxy) is 1. The van der Waals surface area contributed by atoms with Gasteiger partial charge in [-0.1, -0.05) is 12.8 Å². The van der Waals surface area contributed by atoms with Crippen LogP contribution in [0.1, 0.15) is 32.1 Å². The summed E-state index contributed by atoms with van der Waals surface area (Å²) >= 11 is 0. The van der Waals surface area contributed by atoms with Crippen molar-refractivity contribution in [3.63, 3.8) is 0 Å². The van der Waals surface area contributed by atoms with Crippen molar-refractivity contribution in [1.82, 2.24) is 20.0 Å². The molecule has 6 nitrogen and oxygen atoms in total. The third-order valence-electron chi connectivity index (χ3n) is 6.11. The summed E-state index contributed by atoms with van der Waals surface area (Å²) in [5.41, 5.74) is 0. The van der Waals surface area contributed by atoms with Gasteiger partial charge in [0.1, 0.15) is 0 Å². The minimum Gasteiger partial charge on any atom is -0.379 e. The summed E-state index contributed by atoms with van der Waals surface area (Å²) in [6.45, 7) is 9.55. The number of nitrogens with one attached hydrogen (secondary N) is 1. The molecule has 1 aliphatic carbocycles. The monoisotopic (exact) mass is 479 g/mol. The predicted molar refractivity (Wildman–Crippen MR) is 119 cm³/mol. The molecule has 0 bridgehead atoms. The second-order valence-electron chi connectivity index (χ2n) is 7.91. The van der Waals surface area contributed by atoms with Crippen molar-refractivity contribution in [2.75, 3.05) is 73.1 Å². The average molecular weight is 479 g/mol. The van der Waals surface area contributed by atoms with Crippen LogP contribution in [0.2, 0.25) is 0 Å². The molecule has 1 unspecified atom stereocenters. The summed E-state index contributed by atoms with van der Waals surface area (Å²) in [4.78, 5) is 12.1. The highest BCUT2D eigenvalue weighted by molar-refractivity contribution is 14.0. The maximum Gasteiger partial charge on any atom is 0.193 e. The van der Waals surface area contributed by atoms with E-state index in [9.17, 15) is 0 Å². The molecular formula is C19H38IN5O. The molecule has 1 saturated carbocycles. The van der Waals surface area contributed by atoms with Gasteiger partial charge >= 0.3 is 0 Å². The number of rotatable bonds is 6. The van der Waals surface area contributed by atoms with E-state index in [2.05, 4.69) is 32.1 Å². The Balaban J connectivity index is 0.00000243. The zero-order chi connectivity index (χ0) is 17.5. The summed E-state index contributed by atoms with van der Waals surface area (Å²) in [6, 6.07) is 0.800. The lowest BCUT2D eigenvalue weighted by Gasteiger charge is -2.29. The zero-order valence-corrected chi connectivity index (χ0v) is 19.0. The summed E-state index contributed by atoms with van der Waals surface area (Å²) in [5.74, 6) is 1.85. The van der Waals surface area contributed by atoms with Gasteiger partial charge < -0.3 is 19.9 Å². The van der Waals surface area contributed by atoms with E-state index in [1.54, 1.807) is 0 Å². The molecule has 0 amide bonds. The van der Waals surface area contributed by atoms with Gasteiger partial charge in [-0.3, -0.25) is 9.89 Å². The van der Waals surface area contributed by atoms with Crippen LogP contribution in [0, 0.1) is 5.92 Å². The van der Waals surface area contributed by atoms with E-state index in [0.29, 0.717) is 0 Å². The van der Waals surface area contributed by atoms with E-state index in [1.165, 1.54) is 38.6 Å². The quantitative estimate of drug-likeness (QED) is 0.357. The van der Waals surface area contributed by atoms with Crippen LogP contribution in [0.15, 0.2) is 4.99 Å². The van der Waals surface area contributed by atoms with Crippen molar-refractivity contribution in [3.05, 3.63) is 0 Å². The molecule has 1 N–H and O–H groups in total. The minimum absolute atomic E-state index is 0. The lowest BCUT2D eigenvalue weighted by atomic mass is 10.1. The molecule has 1 atom stereocenters. The Bertz CT molecular complexity index is 424. The van der Waals surface area contributed by atoms with Crippen molar-refractivity contribution in [2.24, 2.45) is 10.9 Å². The lowest BCUT2D eigenvalue weighted by molar-refractivity contribution is 0.0315. The van der Waals surface area contributed by atoms with E-state index < -0.39 is 0 Å². The first-order chi connectivity index (χ1) is 12.3. The van der Waals surface area contributed by atoms with Gasteiger partial charge in [0.25, 0.3) is 0 Å². The molecule has 3 aliphatic rings. The summed E-state index contributed by atoms with van der Waals surface area (Å²) in [5, 5.41) is 3.59. The number of aliphatic imine (C=N–C) groups is 1. The fraction of sp³-hybridized carbons (Fsp3) is 0.947. The van der Waals surface area contributed by atoms with Crippen molar-refractivity contribution >= 4 is 29.9 Å². The highest BCUT2D eigenvalue weighted by Gasteiger charge is 2.27. The molecule has 2 aliphatic heterocycles. The van der Waals surface area contributed by atoms with Gasteiger partial charge in [-0.25, -0.2) is 0 Å². The van der Waals surface area contributed by atoms with E-state index >= 15 is 0 Å². The minimum atomic E-state index is 0. The smallest absolute Gasteiger partial charge is 0.193 e. The van der Waals surface area contributed by atoms with Crippen LogP contribution < -0.4 is 5.32 Å². The summed E-state index contributed by atoms with van der Waals surface area (Å²) in [7, 11) is 4.19. The Morgan fingerprint density at radius 3 is 2.58 bits per heavy atom. The topological polar surface area (TPSA) is 43.3 Å². The largest absolute Gasteiger partial charge is 0.379 e. The summed E-state index contributed by atoms with van der Waals surface area (Å²) < 4.78 is 5.46. The molecule has 0 aromatic heterocycles. The second kappa shape index (κ2) is 11.7. The normalized spacial score (nSPS) is 25.7. The fourth-order valence-corrected chi connectivity index (χ4v) is 4.53. The van der Waals surface area contributed by atoms with Crippen LogP contribution in [0.25, 0.3) is 0 Å². The van der Waals surface area contributed by atoms with Gasteiger partial charge in [-0.05, 0) is 32.2 Å². The molecule has 152 valence electrons. The third kappa shape index (κ3) is 6.49. The van der Waals surface area contributed by atoms with Gasteiger partial charge in [0.2, 0.25) is 0 Å². The molecule has 26 heavy (non-hydrogen) atoms. The first-order valence-electron chi connectivity index (χ1n) is 10.2. The van der Waals surface area contributed by atoms with Gasteiger partial charge in [0, 0.05) is 58.9 Å². The number of morpholine rings is 1. The predicted octanol–water partition coefficient (Wildman–Crippen LogP) is 1.71. The molecule has 3 rings (SSSR count). The maximum atomic E-state index is 5.46. The standard InChI is InChI=1S/C19H37N5O.HI/c1-20-19(21-8-10-22(2)18-5-3-4-6-18)24-9-7-17(16-24)15-23-11-13-25-14-12-23;/h17-18H,3-16H2,1-2H3,(H,20,21);1H. The summed E-state index contributed by atoms with van der Waals surface area (Å²) in [6.07, 6.45) is 6.84.